The van der Waals surface area contributed by atoms with Gasteiger partial charge < -0.3 is 20.7 Å². The molecule has 1 unspecified atom stereocenters. The molecule has 0 aromatic rings. The number of hydrogen-bond acceptors (Lipinski definition) is 4. The molecule has 0 heterocycles. The van der Waals surface area contributed by atoms with Crippen molar-refractivity contribution < 1.29 is 19.1 Å². The van der Waals surface area contributed by atoms with Gasteiger partial charge in [-0.05, 0) is 33.1 Å². The van der Waals surface area contributed by atoms with E-state index in [9.17, 15) is 14.4 Å². The lowest BCUT2D eigenvalue weighted by Crippen LogP contribution is -2.50. The van der Waals surface area contributed by atoms with Gasteiger partial charge in [0.05, 0.1) is 12.6 Å². The number of alkyl carbamates (subject to hydrolysis) is 1. The summed E-state index contributed by atoms with van der Waals surface area (Å²) in [5.74, 6) is -0.716. The summed E-state index contributed by atoms with van der Waals surface area (Å²) in [6.45, 7) is 12.8. The van der Waals surface area contributed by atoms with Crippen LogP contribution in [0.5, 0.6) is 0 Å². The molecule has 0 aliphatic carbocycles. The van der Waals surface area contributed by atoms with Crippen LogP contribution in [-0.2, 0) is 14.3 Å². The summed E-state index contributed by atoms with van der Waals surface area (Å²) in [5.41, 5.74) is -0.0604. The predicted octanol–water partition coefficient (Wildman–Crippen LogP) is 1.18. The summed E-state index contributed by atoms with van der Waals surface area (Å²) in [6, 6.07) is -0.799. The zero-order chi connectivity index (χ0) is 17.5. The van der Waals surface area contributed by atoms with Gasteiger partial charge in [-0.3, -0.25) is 9.59 Å². The van der Waals surface area contributed by atoms with Crippen molar-refractivity contribution in [2.45, 2.75) is 66.7 Å². The molecule has 0 saturated heterocycles. The maximum absolute atomic E-state index is 11.8. The molecule has 128 valence electrons. The highest BCUT2D eigenvalue weighted by atomic mass is 16.6. The molecule has 7 nitrogen and oxygen atoms in total. The zero-order valence-corrected chi connectivity index (χ0v) is 14.6. The van der Waals surface area contributed by atoms with E-state index in [1.165, 1.54) is 6.92 Å². The minimum Gasteiger partial charge on any atom is -0.447 e. The van der Waals surface area contributed by atoms with Crippen molar-refractivity contribution in [3.8, 4) is 0 Å². The fourth-order valence-corrected chi connectivity index (χ4v) is 1.32. The average molecular weight is 315 g/mol. The second kappa shape index (κ2) is 8.60. The average Bonchev–Trinajstić information content (AvgIpc) is 2.33. The van der Waals surface area contributed by atoms with E-state index in [0.29, 0.717) is 0 Å². The van der Waals surface area contributed by atoms with E-state index in [1.54, 1.807) is 13.8 Å². The Balaban J connectivity index is 4.17. The maximum Gasteiger partial charge on any atom is 0.408 e. The molecule has 0 radical (unpaired) electrons. The molecule has 7 heteroatoms. The summed E-state index contributed by atoms with van der Waals surface area (Å²) in [4.78, 5) is 34.9. The van der Waals surface area contributed by atoms with Gasteiger partial charge in [-0.15, -0.1) is 0 Å². The number of hydrogen-bond donors (Lipinski definition) is 3. The van der Waals surface area contributed by atoms with Gasteiger partial charge in [0.1, 0.15) is 6.04 Å². The van der Waals surface area contributed by atoms with Crippen molar-refractivity contribution >= 4 is 17.9 Å². The highest BCUT2D eigenvalue weighted by Crippen LogP contribution is 2.18. The van der Waals surface area contributed by atoms with Crippen LogP contribution in [0.2, 0.25) is 0 Å². The van der Waals surface area contributed by atoms with E-state index in [2.05, 4.69) is 16.0 Å². The third-order valence-corrected chi connectivity index (χ3v) is 3.17. The Morgan fingerprint density at radius 1 is 1.00 bits per heavy atom. The number of amides is 3. The molecule has 0 aromatic heterocycles. The Labute approximate surface area is 132 Å². The first kappa shape index (κ1) is 20.2. The van der Waals surface area contributed by atoms with Crippen LogP contribution in [0.4, 0.5) is 4.79 Å². The van der Waals surface area contributed by atoms with E-state index < -0.39 is 18.0 Å². The number of rotatable bonds is 6. The van der Waals surface area contributed by atoms with Crippen LogP contribution in [0, 0.1) is 5.41 Å². The topological polar surface area (TPSA) is 96.5 Å². The van der Waals surface area contributed by atoms with Crippen molar-refractivity contribution in [2.24, 2.45) is 5.41 Å². The summed E-state index contributed by atoms with van der Waals surface area (Å²) in [7, 11) is 0. The SMILES string of the molecule is CC(C)OC(=O)N[C@@H](C)C(=O)NCC(=O)NC(C)C(C)(C)C. The summed E-state index contributed by atoms with van der Waals surface area (Å²) >= 11 is 0. The molecular formula is C15H29N3O4. The minimum atomic E-state index is -0.779. The Hall–Kier alpha value is -1.79. The van der Waals surface area contributed by atoms with Crippen molar-refractivity contribution in [2.75, 3.05) is 6.54 Å². The first-order valence-corrected chi connectivity index (χ1v) is 7.47. The number of nitrogens with one attached hydrogen (secondary N) is 3. The number of carbonyl (C=O) groups excluding carboxylic acids is 3. The van der Waals surface area contributed by atoms with E-state index in [1.807, 2.05) is 27.7 Å². The first-order chi connectivity index (χ1) is 9.93. The predicted molar refractivity (Wildman–Crippen MR) is 84.3 cm³/mol. The van der Waals surface area contributed by atoms with Gasteiger partial charge in [0.15, 0.2) is 0 Å². The van der Waals surface area contributed by atoms with E-state index in [4.69, 9.17) is 4.74 Å². The highest BCUT2D eigenvalue weighted by Gasteiger charge is 2.22. The van der Waals surface area contributed by atoms with Gasteiger partial charge in [-0.25, -0.2) is 4.79 Å². The third-order valence-electron chi connectivity index (χ3n) is 3.17. The molecule has 0 saturated carbocycles. The van der Waals surface area contributed by atoms with Crippen LogP contribution >= 0.6 is 0 Å². The lowest BCUT2D eigenvalue weighted by atomic mass is 9.88. The Morgan fingerprint density at radius 2 is 1.55 bits per heavy atom. The lowest BCUT2D eigenvalue weighted by Gasteiger charge is -2.28. The molecule has 2 atom stereocenters. The first-order valence-electron chi connectivity index (χ1n) is 7.47. The molecule has 0 spiro atoms. The largest absolute Gasteiger partial charge is 0.447 e. The number of ether oxygens (including phenoxy) is 1. The Bertz CT molecular complexity index is 402. The molecule has 0 aliphatic heterocycles. The molecule has 22 heavy (non-hydrogen) atoms. The van der Waals surface area contributed by atoms with E-state index >= 15 is 0 Å². The maximum atomic E-state index is 11.8. The third kappa shape index (κ3) is 8.49. The van der Waals surface area contributed by atoms with Crippen LogP contribution in [-0.4, -0.2) is 42.6 Å². The molecule has 0 aliphatic rings. The van der Waals surface area contributed by atoms with Crippen molar-refractivity contribution in [1.29, 1.82) is 0 Å². The second-order valence-corrected chi connectivity index (χ2v) is 6.69. The van der Waals surface area contributed by atoms with Gasteiger partial charge in [0.2, 0.25) is 11.8 Å². The zero-order valence-electron chi connectivity index (χ0n) is 14.6. The van der Waals surface area contributed by atoms with Gasteiger partial charge in [0.25, 0.3) is 0 Å². The fourth-order valence-electron chi connectivity index (χ4n) is 1.32. The molecule has 0 rings (SSSR count). The van der Waals surface area contributed by atoms with Crippen LogP contribution in [0.15, 0.2) is 0 Å². The standard InChI is InChI=1S/C15H29N3O4/c1-9(2)22-14(21)17-10(3)13(20)16-8-12(19)18-11(4)15(5,6)7/h9-11H,8H2,1-7H3,(H,16,20)(H,17,21)(H,18,19)/t10-,11?/m0/s1. The molecule has 0 aromatic carbocycles. The van der Waals surface area contributed by atoms with Crippen molar-refractivity contribution in [3.05, 3.63) is 0 Å². The highest BCUT2D eigenvalue weighted by molar-refractivity contribution is 5.89. The van der Waals surface area contributed by atoms with Crippen LogP contribution in [0.25, 0.3) is 0 Å². The molecule has 3 amide bonds. The second-order valence-electron chi connectivity index (χ2n) is 6.69. The summed E-state index contributed by atoms with van der Waals surface area (Å²) in [5, 5.41) is 7.69. The van der Waals surface area contributed by atoms with Crippen LogP contribution < -0.4 is 16.0 Å². The lowest BCUT2D eigenvalue weighted by molar-refractivity contribution is -0.127. The monoisotopic (exact) mass is 315 g/mol. The van der Waals surface area contributed by atoms with Gasteiger partial charge >= 0.3 is 6.09 Å². The van der Waals surface area contributed by atoms with Crippen molar-refractivity contribution in [3.63, 3.8) is 0 Å². The molecule has 0 fully saturated rings. The smallest absolute Gasteiger partial charge is 0.408 e. The fraction of sp³-hybridized carbons (Fsp3) is 0.800. The van der Waals surface area contributed by atoms with Crippen LogP contribution in [0.3, 0.4) is 0 Å². The van der Waals surface area contributed by atoms with Gasteiger partial charge in [-0.1, -0.05) is 20.8 Å². The van der Waals surface area contributed by atoms with Gasteiger partial charge in [-0.2, -0.15) is 0 Å². The minimum absolute atomic E-state index is 0.0199. The van der Waals surface area contributed by atoms with E-state index in [0.717, 1.165) is 0 Å². The Kier molecular flexibility index (Phi) is 7.90. The molecule has 0 bridgehead atoms. The van der Waals surface area contributed by atoms with Crippen molar-refractivity contribution in [1.82, 2.24) is 16.0 Å². The van der Waals surface area contributed by atoms with Crippen LogP contribution in [0.1, 0.15) is 48.5 Å². The quantitative estimate of drug-likeness (QED) is 0.685. The molecule has 3 N–H and O–H groups in total. The summed E-state index contributed by atoms with van der Waals surface area (Å²) < 4.78 is 4.88. The summed E-state index contributed by atoms with van der Waals surface area (Å²) in [6.07, 6.45) is -0.927. The molecular weight excluding hydrogens is 286 g/mol. The number of carbonyl (C=O) groups is 3. The normalized spacial score (nSPS) is 14.0. The Morgan fingerprint density at radius 3 is 2.00 bits per heavy atom. The van der Waals surface area contributed by atoms with E-state index in [-0.39, 0.29) is 30.0 Å². The van der Waals surface area contributed by atoms with Gasteiger partial charge in [0, 0.05) is 6.04 Å².